The second-order valence-corrected chi connectivity index (χ2v) is 9.26. The molecule has 1 aliphatic heterocycles. The van der Waals surface area contributed by atoms with Gasteiger partial charge in [0, 0.05) is 29.5 Å². The van der Waals surface area contributed by atoms with Gasteiger partial charge in [0.15, 0.2) is 0 Å². The number of halogens is 2. The van der Waals surface area contributed by atoms with Crippen molar-refractivity contribution in [1.29, 1.82) is 0 Å². The number of nitrogens with zero attached hydrogens (tertiary/aromatic N) is 2. The average Bonchev–Trinajstić information content (AvgIpc) is 3.15. The van der Waals surface area contributed by atoms with E-state index < -0.39 is 23.5 Å². The fourth-order valence-electron chi connectivity index (χ4n) is 4.57. The smallest absolute Gasteiger partial charge is 0.300 e. The number of hydrogen-bond donors (Lipinski definition) is 2. The number of carbonyl (C=O) groups is 2. The molecule has 4 rings (SSSR count). The molecule has 1 fully saturated rings. The number of phenolic OH excluding ortho intramolecular Hbond substituents is 1. The number of aliphatic hydroxyl groups excluding tert-OH is 1. The van der Waals surface area contributed by atoms with E-state index in [2.05, 4.69) is 18.7 Å². The number of methoxy groups -OCH3 is 1. The van der Waals surface area contributed by atoms with Gasteiger partial charge in [0.05, 0.1) is 29.3 Å². The SMILES string of the molecule is CCN(CC)c1ccc(N2C(=O)C(=O)/C(=C(/O)c3cc(Cl)cc(Cl)c3OC)C2c2ccc(O)cc2)cc1. The van der Waals surface area contributed by atoms with Crippen LogP contribution in [0.2, 0.25) is 10.0 Å². The van der Waals surface area contributed by atoms with Crippen LogP contribution in [0.3, 0.4) is 0 Å². The van der Waals surface area contributed by atoms with Crippen LogP contribution in [0.1, 0.15) is 31.0 Å². The Kier molecular flexibility index (Phi) is 7.66. The van der Waals surface area contributed by atoms with Crippen LogP contribution in [0.15, 0.2) is 66.2 Å². The van der Waals surface area contributed by atoms with Crippen LogP contribution in [-0.2, 0) is 9.59 Å². The number of anilines is 2. The minimum Gasteiger partial charge on any atom is -0.508 e. The molecule has 0 spiro atoms. The summed E-state index contributed by atoms with van der Waals surface area (Å²) in [6.07, 6.45) is 0. The molecule has 7 nitrogen and oxygen atoms in total. The molecular formula is C28H26Cl2N2O5. The predicted octanol–water partition coefficient (Wildman–Crippen LogP) is 6.18. The Labute approximate surface area is 225 Å². The molecule has 1 aliphatic rings. The highest BCUT2D eigenvalue weighted by Gasteiger charge is 2.47. The normalized spacial score (nSPS) is 16.8. The van der Waals surface area contributed by atoms with Gasteiger partial charge < -0.3 is 19.8 Å². The molecule has 1 saturated heterocycles. The Hall–Kier alpha value is -3.68. The van der Waals surface area contributed by atoms with Crippen molar-refractivity contribution in [3.63, 3.8) is 0 Å². The van der Waals surface area contributed by atoms with Gasteiger partial charge in [-0.25, -0.2) is 0 Å². The van der Waals surface area contributed by atoms with Gasteiger partial charge in [-0.1, -0.05) is 35.3 Å². The maximum absolute atomic E-state index is 13.4. The second kappa shape index (κ2) is 10.7. The predicted molar refractivity (Wildman–Crippen MR) is 146 cm³/mol. The van der Waals surface area contributed by atoms with E-state index in [0.29, 0.717) is 11.3 Å². The minimum atomic E-state index is -0.984. The number of ketones is 1. The monoisotopic (exact) mass is 540 g/mol. The number of rotatable bonds is 7. The molecule has 1 heterocycles. The molecule has 0 saturated carbocycles. The fraction of sp³-hybridized carbons (Fsp3) is 0.214. The molecular weight excluding hydrogens is 515 g/mol. The highest BCUT2D eigenvalue weighted by atomic mass is 35.5. The molecule has 1 atom stereocenters. The lowest BCUT2D eigenvalue weighted by molar-refractivity contribution is -0.132. The first-order valence-corrected chi connectivity index (χ1v) is 12.5. The van der Waals surface area contributed by atoms with Crippen LogP contribution >= 0.6 is 23.2 Å². The van der Waals surface area contributed by atoms with Crippen molar-refractivity contribution >= 4 is 52.0 Å². The molecule has 9 heteroatoms. The zero-order chi connectivity index (χ0) is 26.9. The molecule has 0 aromatic heterocycles. The number of ether oxygens (including phenoxy) is 1. The van der Waals surface area contributed by atoms with E-state index >= 15 is 0 Å². The van der Waals surface area contributed by atoms with Gasteiger partial charge in [0.2, 0.25) is 0 Å². The van der Waals surface area contributed by atoms with Crippen molar-refractivity contribution in [1.82, 2.24) is 0 Å². The molecule has 0 bridgehead atoms. The summed E-state index contributed by atoms with van der Waals surface area (Å²) in [6.45, 7) is 5.74. The highest BCUT2D eigenvalue weighted by Crippen LogP contribution is 2.45. The van der Waals surface area contributed by atoms with Crippen molar-refractivity contribution in [2.45, 2.75) is 19.9 Å². The van der Waals surface area contributed by atoms with E-state index in [0.717, 1.165) is 18.8 Å². The third kappa shape index (κ3) is 4.84. The number of amides is 1. The first kappa shape index (κ1) is 26.4. The highest BCUT2D eigenvalue weighted by molar-refractivity contribution is 6.52. The number of aliphatic hydroxyl groups is 1. The van der Waals surface area contributed by atoms with E-state index in [1.807, 2.05) is 12.1 Å². The number of benzene rings is 3. The molecule has 3 aromatic carbocycles. The molecule has 1 amide bonds. The molecule has 2 N–H and O–H groups in total. The number of Topliss-reactive ketones (excluding diaryl/α,β-unsaturated/α-hetero) is 1. The Morgan fingerprint density at radius 1 is 1.00 bits per heavy atom. The summed E-state index contributed by atoms with van der Waals surface area (Å²) in [4.78, 5) is 30.3. The summed E-state index contributed by atoms with van der Waals surface area (Å²) in [5.74, 6) is -2.01. The summed E-state index contributed by atoms with van der Waals surface area (Å²) in [5, 5.41) is 21.6. The molecule has 0 radical (unpaired) electrons. The first-order chi connectivity index (χ1) is 17.7. The van der Waals surface area contributed by atoms with Crippen LogP contribution in [0.25, 0.3) is 5.76 Å². The molecule has 1 unspecified atom stereocenters. The standard InChI is InChI=1S/C28H26Cl2N2O5/c1-4-31(5-2)18-8-10-19(11-9-18)32-24(16-6-12-20(33)13-7-16)23(26(35)28(32)36)25(34)21-14-17(29)15-22(30)27(21)37-3/h6-15,24,33-34H,4-5H2,1-3H3/b25-23+. The van der Waals surface area contributed by atoms with Crippen LogP contribution in [0.4, 0.5) is 11.4 Å². The lowest BCUT2D eigenvalue weighted by Gasteiger charge is -2.27. The zero-order valence-corrected chi connectivity index (χ0v) is 22.0. The largest absolute Gasteiger partial charge is 0.508 e. The van der Waals surface area contributed by atoms with Crippen molar-refractivity contribution < 1.29 is 24.5 Å². The van der Waals surface area contributed by atoms with Crippen LogP contribution in [0.5, 0.6) is 11.5 Å². The van der Waals surface area contributed by atoms with Crippen LogP contribution in [-0.4, -0.2) is 42.1 Å². The Morgan fingerprint density at radius 3 is 2.19 bits per heavy atom. The number of hydrogen-bond acceptors (Lipinski definition) is 6. The number of aromatic hydroxyl groups is 1. The number of phenols is 1. The van der Waals surface area contributed by atoms with Crippen molar-refractivity contribution in [3.8, 4) is 11.5 Å². The van der Waals surface area contributed by atoms with E-state index in [1.54, 1.807) is 24.3 Å². The average molecular weight is 541 g/mol. The van der Waals surface area contributed by atoms with Crippen molar-refractivity contribution in [3.05, 3.63) is 87.4 Å². The zero-order valence-electron chi connectivity index (χ0n) is 20.5. The lowest BCUT2D eigenvalue weighted by Crippen LogP contribution is -2.29. The minimum absolute atomic E-state index is 0.0209. The maximum atomic E-state index is 13.4. The van der Waals surface area contributed by atoms with Gasteiger partial charge in [-0.15, -0.1) is 0 Å². The topological polar surface area (TPSA) is 90.3 Å². The summed E-state index contributed by atoms with van der Waals surface area (Å²) in [6, 6.07) is 15.3. The molecule has 3 aromatic rings. The Morgan fingerprint density at radius 2 is 1.62 bits per heavy atom. The Bertz CT molecular complexity index is 1370. The third-order valence-corrected chi connectivity index (χ3v) is 6.88. The Balaban J connectivity index is 1.93. The molecule has 192 valence electrons. The van der Waals surface area contributed by atoms with E-state index in [4.69, 9.17) is 27.9 Å². The summed E-state index contributed by atoms with van der Waals surface area (Å²) < 4.78 is 5.37. The van der Waals surface area contributed by atoms with Gasteiger partial charge in [-0.3, -0.25) is 14.5 Å². The van der Waals surface area contributed by atoms with Gasteiger partial charge in [0.25, 0.3) is 11.7 Å². The lowest BCUT2D eigenvalue weighted by atomic mass is 9.94. The van der Waals surface area contributed by atoms with Crippen LogP contribution in [0, 0.1) is 0 Å². The molecule has 0 aliphatic carbocycles. The summed E-state index contributed by atoms with van der Waals surface area (Å²) >= 11 is 12.5. The summed E-state index contributed by atoms with van der Waals surface area (Å²) in [5.41, 5.74) is 1.90. The fourth-order valence-corrected chi connectivity index (χ4v) is 5.14. The van der Waals surface area contributed by atoms with Gasteiger partial charge in [-0.2, -0.15) is 0 Å². The van der Waals surface area contributed by atoms with Crippen molar-refractivity contribution in [2.24, 2.45) is 0 Å². The molecule has 37 heavy (non-hydrogen) atoms. The van der Waals surface area contributed by atoms with E-state index in [9.17, 15) is 19.8 Å². The van der Waals surface area contributed by atoms with E-state index in [-0.39, 0.29) is 32.7 Å². The quantitative estimate of drug-likeness (QED) is 0.211. The second-order valence-electron chi connectivity index (χ2n) is 8.42. The van der Waals surface area contributed by atoms with Gasteiger partial charge >= 0.3 is 0 Å². The number of carbonyl (C=O) groups excluding carboxylic acids is 2. The first-order valence-electron chi connectivity index (χ1n) is 11.7. The maximum Gasteiger partial charge on any atom is 0.300 e. The van der Waals surface area contributed by atoms with Gasteiger partial charge in [-0.05, 0) is 67.9 Å². The van der Waals surface area contributed by atoms with Gasteiger partial charge in [0.1, 0.15) is 17.3 Å². The summed E-state index contributed by atoms with van der Waals surface area (Å²) in [7, 11) is 1.37. The van der Waals surface area contributed by atoms with Crippen molar-refractivity contribution in [2.75, 3.05) is 30.0 Å². The third-order valence-electron chi connectivity index (χ3n) is 6.38. The van der Waals surface area contributed by atoms with E-state index in [1.165, 1.54) is 36.3 Å². The van der Waals surface area contributed by atoms with Crippen LogP contribution < -0.4 is 14.5 Å².